The van der Waals surface area contributed by atoms with Crippen molar-refractivity contribution in [2.24, 2.45) is 0 Å². The number of rotatable bonds is 2. The van der Waals surface area contributed by atoms with Crippen molar-refractivity contribution in [3.63, 3.8) is 0 Å². The summed E-state index contributed by atoms with van der Waals surface area (Å²) < 4.78 is 0. The van der Waals surface area contributed by atoms with Crippen molar-refractivity contribution < 1.29 is 0 Å². The fourth-order valence-corrected chi connectivity index (χ4v) is 0.370. The normalized spacial score (nSPS) is 9.67. The van der Waals surface area contributed by atoms with Gasteiger partial charge in [0.15, 0.2) is 0 Å². The van der Waals surface area contributed by atoms with E-state index in [0.29, 0.717) is 0 Å². The lowest BCUT2D eigenvalue weighted by Crippen LogP contribution is -1.65. The molecule has 0 amide bonds. The lowest BCUT2D eigenvalue weighted by molar-refractivity contribution is 1.42. The standard InChI is InChI=1S/C9H14.C4H8.C2H6/c1-5-9(4)7-6-8(2)3;1-4(2)3;1-2/h5-7H,2H2,1,3-4H3;1H2,2-3H3;1-2H3/b7-6-,9-5-;;. The SMILES string of the molecule is C=C(C)/C=C\C(C)=C/C.C=C(C)C.CC. The molecule has 0 saturated heterocycles. The van der Waals surface area contributed by atoms with Crippen LogP contribution in [0, 0.1) is 0 Å². The number of hydrogen-bond acceptors (Lipinski definition) is 0. The summed E-state index contributed by atoms with van der Waals surface area (Å²) in [6.07, 6.45) is 6.14. The second kappa shape index (κ2) is 15.4. The highest BCUT2D eigenvalue weighted by molar-refractivity contribution is 5.22. The van der Waals surface area contributed by atoms with Crippen LogP contribution in [0.3, 0.4) is 0 Å². The first-order valence-corrected chi connectivity index (χ1v) is 5.48. The van der Waals surface area contributed by atoms with Gasteiger partial charge >= 0.3 is 0 Å². The Morgan fingerprint density at radius 1 is 0.867 bits per heavy atom. The van der Waals surface area contributed by atoms with Crippen molar-refractivity contribution in [2.75, 3.05) is 0 Å². The third kappa shape index (κ3) is 43.8. The summed E-state index contributed by atoms with van der Waals surface area (Å²) >= 11 is 0. The van der Waals surface area contributed by atoms with Crippen LogP contribution in [0.5, 0.6) is 0 Å². The Bertz CT molecular complexity index is 210. The largest absolute Gasteiger partial charge is 0.100 e. The summed E-state index contributed by atoms with van der Waals surface area (Å²) in [5.74, 6) is 0. The fraction of sp³-hybridized carbons (Fsp3) is 0.467. The molecule has 0 N–H and O–H groups in total. The van der Waals surface area contributed by atoms with Crippen LogP contribution in [0.1, 0.15) is 48.5 Å². The molecule has 0 radical (unpaired) electrons. The van der Waals surface area contributed by atoms with Crippen molar-refractivity contribution in [3.8, 4) is 0 Å². The molecule has 0 unspecified atom stereocenters. The van der Waals surface area contributed by atoms with Crippen molar-refractivity contribution in [2.45, 2.75) is 48.5 Å². The second-order valence-electron chi connectivity index (χ2n) is 3.42. The molecule has 0 saturated carbocycles. The van der Waals surface area contributed by atoms with Crippen LogP contribution in [-0.4, -0.2) is 0 Å². The van der Waals surface area contributed by atoms with Gasteiger partial charge in [-0.05, 0) is 34.6 Å². The zero-order chi connectivity index (χ0) is 12.9. The topological polar surface area (TPSA) is 0 Å². The molecule has 0 aromatic carbocycles. The highest BCUT2D eigenvalue weighted by Crippen LogP contribution is 1.97. The van der Waals surface area contributed by atoms with Gasteiger partial charge in [-0.15, -0.1) is 6.58 Å². The molecule has 0 heterocycles. The molecule has 15 heavy (non-hydrogen) atoms. The Morgan fingerprint density at radius 2 is 1.20 bits per heavy atom. The molecule has 0 aliphatic rings. The summed E-state index contributed by atoms with van der Waals surface area (Å²) in [5, 5.41) is 0. The predicted molar refractivity (Wildman–Crippen MR) is 75.2 cm³/mol. The molecule has 0 bridgehead atoms. The Kier molecular flexibility index (Phi) is 20.1. The first-order chi connectivity index (χ1) is 6.90. The molecule has 0 aromatic heterocycles. The molecule has 0 nitrogen and oxygen atoms in total. The minimum Gasteiger partial charge on any atom is -0.100 e. The number of allylic oxidation sites excluding steroid dienone is 6. The van der Waals surface area contributed by atoms with Crippen LogP contribution >= 0.6 is 0 Å². The van der Waals surface area contributed by atoms with Gasteiger partial charge in [0.1, 0.15) is 0 Å². The van der Waals surface area contributed by atoms with Crippen LogP contribution in [0.15, 0.2) is 48.1 Å². The zero-order valence-electron chi connectivity index (χ0n) is 11.6. The maximum absolute atomic E-state index is 3.75. The molecule has 0 fully saturated rings. The van der Waals surface area contributed by atoms with Crippen LogP contribution in [-0.2, 0) is 0 Å². The van der Waals surface area contributed by atoms with Gasteiger partial charge in [0, 0.05) is 0 Å². The molecule has 0 aromatic rings. The van der Waals surface area contributed by atoms with Gasteiger partial charge in [-0.25, -0.2) is 0 Å². The summed E-state index contributed by atoms with van der Waals surface area (Å²) in [5.41, 5.74) is 3.54. The average molecular weight is 208 g/mol. The lowest BCUT2D eigenvalue weighted by atomic mass is 10.2. The van der Waals surface area contributed by atoms with Crippen molar-refractivity contribution in [1.82, 2.24) is 0 Å². The highest BCUT2D eigenvalue weighted by atomic mass is 13.8. The number of hydrogen-bond donors (Lipinski definition) is 0. The third-order valence-corrected chi connectivity index (χ3v) is 1.09. The minimum atomic E-state index is 1.09. The summed E-state index contributed by atoms with van der Waals surface area (Å²) in [6.45, 7) is 21.3. The van der Waals surface area contributed by atoms with Gasteiger partial charge in [-0.1, -0.05) is 55.4 Å². The minimum absolute atomic E-state index is 1.09. The molecule has 0 spiro atoms. The fourth-order valence-electron chi connectivity index (χ4n) is 0.370. The van der Waals surface area contributed by atoms with Gasteiger partial charge in [0.2, 0.25) is 0 Å². The van der Waals surface area contributed by atoms with Crippen LogP contribution < -0.4 is 0 Å². The molecular formula is C15H28. The first-order valence-electron chi connectivity index (χ1n) is 5.48. The van der Waals surface area contributed by atoms with Crippen molar-refractivity contribution in [1.29, 1.82) is 0 Å². The van der Waals surface area contributed by atoms with Crippen molar-refractivity contribution >= 4 is 0 Å². The van der Waals surface area contributed by atoms with Crippen LogP contribution in [0.25, 0.3) is 0 Å². The highest BCUT2D eigenvalue weighted by Gasteiger charge is 1.75. The summed E-state index contributed by atoms with van der Waals surface area (Å²) in [4.78, 5) is 0. The Morgan fingerprint density at radius 3 is 1.40 bits per heavy atom. The van der Waals surface area contributed by atoms with E-state index in [1.54, 1.807) is 0 Å². The van der Waals surface area contributed by atoms with E-state index in [2.05, 4.69) is 32.2 Å². The van der Waals surface area contributed by atoms with E-state index in [1.165, 1.54) is 11.1 Å². The van der Waals surface area contributed by atoms with Gasteiger partial charge < -0.3 is 0 Å². The first kappa shape index (κ1) is 19.5. The van der Waals surface area contributed by atoms with E-state index < -0.39 is 0 Å². The van der Waals surface area contributed by atoms with Gasteiger partial charge in [0.25, 0.3) is 0 Å². The van der Waals surface area contributed by atoms with Gasteiger partial charge in [-0.3, -0.25) is 0 Å². The second-order valence-corrected chi connectivity index (χ2v) is 3.42. The molecular weight excluding hydrogens is 180 g/mol. The molecule has 0 rings (SSSR count). The monoisotopic (exact) mass is 208 g/mol. The van der Waals surface area contributed by atoms with Gasteiger partial charge in [-0.2, -0.15) is 0 Å². The molecule has 0 aliphatic carbocycles. The third-order valence-electron chi connectivity index (χ3n) is 1.09. The van der Waals surface area contributed by atoms with E-state index in [4.69, 9.17) is 0 Å². The molecule has 88 valence electrons. The Hall–Kier alpha value is -1.04. The molecule has 0 atom stereocenters. The smallest absolute Gasteiger partial charge is 0.0401 e. The van der Waals surface area contributed by atoms with E-state index in [9.17, 15) is 0 Å². The zero-order valence-corrected chi connectivity index (χ0v) is 11.6. The predicted octanol–water partition coefficient (Wildman–Crippen LogP) is 5.69. The van der Waals surface area contributed by atoms with E-state index in [0.717, 1.165) is 5.57 Å². The van der Waals surface area contributed by atoms with Gasteiger partial charge in [0.05, 0.1) is 0 Å². The lowest BCUT2D eigenvalue weighted by Gasteiger charge is -1.86. The quantitative estimate of drug-likeness (QED) is 0.404. The van der Waals surface area contributed by atoms with Crippen LogP contribution in [0.2, 0.25) is 0 Å². The maximum atomic E-state index is 3.75. The summed E-state index contributed by atoms with van der Waals surface area (Å²) in [7, 11) is 0. The van der Waals surface area contributed by atoms with Crippen LogP contribution in [0.4, 0.5) is 0 Å². The summed E-state index contributed by atoms with van der Waals surface area (Å²) in [6, 6.07) is 0. The molecule has 0 aliphatic heterocycles. The Balaban J connectivity index is -0.000000202. The van der Waals surface area contributed by atoms with E-state index in [1.807, 2.05) is 47.6 Å². The van der Waals surface area contributed by atoms with Crippen molar-refractivity contribution in [3.05, 3.63) is 48.1 Å². The maximum Gasteiger partial charge on any atom is -0.0401 e. The van der Waals surface area contributed by atoms with E-state index >= 15 is 0 Å². The average Bonchev–Trinajstić information content (AvgIpc) is 2.16. The Labute approximate surface area is 97.1 Å². The molecule has 0 heteroatoms. The van der Waals surface area contributed by atoms with E-state index in [-0.39, 0.29) is 0 Å².